The van der Waals surface area contributed by atoms with Gasteiger partial charge in [0.1, 0.15) is 10.9 Å². The Balaban J connectivity index is 1.92. The zero-order valence-electron chi connectivity index (χ0n) is 11.4. The number of sulfonamides is 1. The molecule has 1 aromatic heterocycles. The minimum Gasteiger partial charge on any atom is -0.289 e. The largest absolute Gasteiger partial charge is 0.289 e. The van der Waals surface area contributed by atoms with Crippen LogP contribution in [0.25, 0.3) is 0 Å². The second-order valence-electron chi connectivity index (χ2n) is 4.69. The number of rotatable bonds is 3. The number of fused-ring (bicyclic) bond motifs is 1. The number of hydrazine groups is 1. The molecule has 0 amide bonds. The summed E-state index contributed by atoms with van der Waals surface area (Å²) >= 11 is 0. The fraction of sp³-hybridized carbons (Fsp3) is 0.0667. The maximum absolute atomic E-state index is 12.4. The van der Waals surface area contributed by atoms with Gasteiger partial charge in [-0.15, -0.1) is 4.83 Å². The standard InChI is InChI=1S/C15H12N4O2S/c16-10-13-5-1-4-12-6-3-9-19(15(12)13)18-22(20,21)14-7-2-8-17-11-14/h1-9,11,15,18H. The summed E-state index contributed by atoms with van der Waals surface area (Å²) in [6.45, 7) is 0. The van der Waals surface area contributed by atoms with Gasteiger partial charge in [-0.3, -0.25) is 9.99 Å². The first-order valence-corrected chi connectivity index (χ1v) is 7.98. The van der Waals surface area contributed by atoms with Crippen LogP contribution in [0.3, 0.4) is 0 Å². The number of nitriles is 1. The minimum absolute atomic E-state index is 0.0633. The summed E-state index contributed by atoms with van der Waals surface area (Å²) in [5.41, 5.74) is 1.31. The normalized spacial score (nSPS) is 20.0. The number of hydrogen-bond donors (Lipinski definition) is 1. The molecule has 2 aliphatic rings. The lowest BCUT2D eigenvalue weighted by Gasteiger charge is -2.34. The summed E-state index contributed by atoms with van der Waals surface area (Å²) in [7, 11) is -3.77. The SMILES string of the molecule is N#CC1=CC=CC2=CC=CN(NS(=O)(=O)c3cccnc3)C12. The molecule has 1 aromatic rings. The van der Waals surface area contributed by atoms with Crippen molar-refractivity contribution in [3.8, 4) is 6.07 Å². The molecule has 1 unspecified atom stereocenters. The molecule has 0 saturated carbocycles. The predicted octanol–water partition coefficient (Wildman–Crippen LogP) is 1.42. The van der Waals surface area contributed by atoms with Gasteiger partial charge in [0.15, 0.2) is 0 Å². The quantitative estimate of drug-likeness (QED) is 0.912. The third-order valence-electron chi connectivity index (χ3n) is 3.29. The first kappa shape index (κ1) is 14.3. The van der Waals surface area contributed by atoms with Gasteiger partial charge in [0, 0.05) is 18.6 Å². The Hall–Kier alpha value is -2.69. The van der Waals surface area contributed by atoms with E-state index in [4.69, 9.17) is 0 Å². The highest BCUT2D eigenvalue weighted by Gasteiger charge is 2.30. The number of hydrogen-bond acceptors (Lipinski definition) is 5. The van der Waals surface area contributed by atoms with Crippen LogP contribution in [0.15, 0.2) is 77.1 Å². The average molecular weight is 312 g/mol. The van der Waals surface area contributed by atoms with E-state index in [2.05, 4.69) is 15.9 Å². The summed E-state index contributed by atoms with van der Waals surface area (Å²) in [6.07, 6.45) is 13.2. The molecule has 1 N–H and O–H groups in total. The summed E-state index contributed by atoms with van der Waals surface area (Å²) in [6, 6.07) is 4.65. The van der Waals surface area contributed by atoms with Gasteiger partial charge >= 0.3 is 0 Å². The van der Waals surface area contributed by atoms with Crippen molar-refractivity contribution in [3.63, 3.8) is 0 Å². The predicted molar refractivity (Wildman–Crippen MR) is 80.2 cm³/mol. The van der Waals surface area contributed by atoms with Gasteiger partial charge in [-0.1, -0.05) is 18.2 Å². The summed E-state index contributed by atoms with van der Waals surface area (Å²) in [5, 5.41) is 10.7. The lowest BCUT2D eigenvalue weighted by molar-refractivity contribution is 0.303. The van der Waals surface area contributed by atoms with Crippen molar-refractivity contribution in [2.24, 2.45) is 0 Å². The molecule has 1 aliphatic carbocycles. The number of aromatic nitrogens is 1. The Bertz CT molecular complexity index is 845. The van der Waals surface area contributed by atoms with Crippen LogP contribution in [-0.4, -0.2) is 24.5 Å². The van der Waals surface area contributed by atoms with Crippen LogP contribution >= 0.6 is 0 Å². The number of pyridine rings is 1. The van der Waals surface area contributed by atoms with Crippen molar-refractivity contribution in [1.82, 2.24) is 14.8 Å². The molecule has 1 aliphatic heterocycles. The Morgan fingerprint density at radius 2 is 2.18 bits per heavy atom. The topological polar surface area (TPSA) is 86.1 Å². The molecular formula is C15H12N4O2S. The number of nitrogens with zero attached hydrogens (tertiary/aromatic N) is 3. The van der Waals surface area contributed by atoms with Gasteiger partial charge < -0.3 is 0 Å². The summed E-state index contributed by atoms with van der Waals surface area (Å²) < 4.78 is 24.8. The monoisotopic (exact) mass is 312 g/mol. The van der Waals surface area contributed by atoms with Crippen LogP contribution in [0.2, 0.25) is 0 Å². The van der Waals surface area contributed by atoms with E-state index in [1.165, 1.54) is 23.5 Å². The molecular weight excluding hydrogens is 300 g/mol. The molecule has 0 aromatic carbocycles. The van der Waals surface area contributed by atoms with Gasteiger partial charge in [-0.25, -0.2) is 8.42 Å². The van der Waals surface area contributed by atoms with E-state index >= 15 is 0 Å². The van der Waals surface area contributed by atoms with Crippen LogP contribution in [0.1, 0.15) is 0 Å². The van der Waals surface area contributed by atoms with Crippen molar-refractivity contribution >= 4 is 10.0 Å². The van der Waals surface area contributed by atoms with Gasteiger partial charge in [0.05, 0.1) is 11.6 Å². The van der Waals surface area contributed by atoms with E-state index < -0.39 is 16.1 Å². The Morgan fingerprint density at radius 1 is 1.32 bits per heavy atom. The molecule has 110 valence electrons. The van der Waals surface area contributed by atoms with E-state index in [0.717, 1.165) is 5.57 Å². The molecule has 7 heteroatoms. The Labute approximate surface area is 128 Å². The van der Waals surface area contributed by atoms with Gasteiger partial charge in [0.25, 0.3) is 10.0 Å². The highest BCUT2D eigenvalue weighted by Crippen LogP contribution is 2.26. The molecule has 0 radical (unpaired) electrons. The molecule has 3 rings (SSSR count). The summed E-state index contributed by atoms with van der Waals surface area (Å²) in [4.78, 5) is 6.37. The zero-order chi connectivity index (χ0) is 15.6. The van der Waals surface area contributed by atoms with E-state index in [0.29, 0.717) is 5.57 Å². The molecule has 1 atom stereocenters. The fourth-order valence-electron chi connectivity index (χ4n) is 2.29. The van der Waals surface area contributed by atoms with E-state index in [1.54, 1.807) is 30.5 Å². The third-order valence-corrected chi connectivity index (χ3v) is 4.60. The molecule has 22 heavy (non-hydrogen) atoms. The van der Waals surface area contributed by atoms with Crippen molar-refractivity contribution in [2.75, 3.05) is 0 Å². The van der Waals surface area contributed by atoms with Crippen LogP contribution in [0.5, 0.6) is 0 Å². The maximum Gasteiger partial charge on any atom is 0.259 e. The van der Waals surface area contributed by atoms with Gasteiger partial charge in [-0.2, -0.15) is 5.26 Å². The number of allylic oxidation sites excluding steroid dienone is 4. The maximum atomic E-state index is 12.4. The van der Waals surface area contributed by atoms with E-state index in [1.807, 2.05) is 12.2 Å². The molecule has 0 spiro atoms. The Morgan fingerprint density at radius 3 is 2.91 bits per heavy atom. The fourth-order valence-corrected chi connectivity index (χ4v) is 3.30. The van der Waals surface area contributed by atoms with Crippen molar-refractivity contribution in [2.45, 2.75) is 10.9 Å². The lowest BCUT2D eigenvalue weighted by Crippen LogP contribution is -2.47. The molecule has 6 nitrogen and oxygen atoms in total. The highest BCUT2D eigenvalue weighted by atomic mass is 32.2. The minimum atomic E-state index is -3.77. The lowest BCUT2D eigenvalue weighted by atomic mass is 9.92. The molecule has 0 fully saturated rings. The second kappa shape index (κ2) is 5.60. The molecule has 2 heterocycles. The first-order valence-electron chi connectivity index (χ1n) is 6.49. The van der Waals surface area contributed by atoms with Crippen LogP contribution < -0.4 is 4.83 Å². The van der Waals surface area contributed by atoms with Gasteiger partial charge in [-0.05, 0) is 29.9 Å². The first-order chi connectivity index (χ1) is 10.6. The molecule has 0 bridgehead atoms. The van der Waals surface area contributed by atoms with Crippen molar-refractivity contribution < 1.29 is 8.42 Å². The smallest absolute Gasteiger partial charge is 0.259 e. The van der Waals surface area contributed by atoms with Crippen LogP contribution in [-0.2, 0) is 10.0 Å². The highest BCUT2D eigenvalue weighted by molar-refractivity contribution is 7.89. The number of nitrogens with one attached hydrogen (secondary N) is 1. The Kier molecular flexibility index (Phi) is 3.63. The van der Waals surface area contributed by atoms with Gasteiger partial charge in [0.2, 0.25) is 0 Å². The molecule has 0 saturated heterocycles. The third kappa shape index (κ3) is 2.57. The van der Waals surface area contributed by atoms with Crippen molar-refractivity contribution in [1.29, 1.82) is 5.26 Å². The second-order valence-corrected chi connectivity index (χ2v) is 6.36. The van der Waals surface area contributed by atoms with Crippen molar-refractivity contribution in [3.05, 3.63) is 72.3 Å². The summed E-state index contributed by atoms with van der Waals surface area (Å²) in [5.74, 6) is 0. The van der Waals surface area contributed by atoms with Crippen LogP contribution in [0.4, 0.5) is 0 Å². The van der Waals surface area contributed by atoms with E-state index in [9.17, 15) is 13.7 Å². The zero-order valence-corrected chi connectivity index (χ0v) is 12.2. The average Bonchev–Trinajstić information content (AvgIpc) is 2.55. The van der Waals surface area contributed by atoms with Crippen LogP contribution in [0, 0.1) is 11.3 Å². The van der Waals surface area contributed by atoms with E-state index in [-0.39, 0.29) is 4.90 Å².